The molecule has 0 spiro atoms. The molecular weight excluding hydrogens is 246 g/mol. The third kappa shape index (κ3) is 2.10. The summed E-state index contributed by atoms with van der Waals surface area (Å²) in [5.74, 6) is 0.221. The minimum Gasteiger partial charge on any atom is -0.399 e. The second kappa shape index (κ2) is 4.41. The SMILES string of the molecule is Nc1ccc2c(C(=O)NCc3nn[nH]n3)c[nH]c2c1. The number of H-pyrrole nitrogens is 2. The number of fused-ring (bicyclic) bond motifs is 1. The third-order valence-electron chi connectivity index (χ3n) is 2.75. The van der Waals surface area contributed by atoms with Crippen LogP contribution in [0, 0.1) is 0 Å². The molecule has 1 aromatic carbocycles. The number of aromatic amines is 2. The van der Waals surface area contributed by atoms with Gasteiger partial charge >= 0.3 is 0 Å². The number of nitrogens with one attached hydrogen (secondary N) is 3. The summed E-state index contributed by atoms with van der Waals surface area (Å²) in [5.41, 5.74) is 7.71. The molecule has 0 fully saturated rings. The Morgan fingerprint density at radius 3 is 3.11 bits per heavy atom. The molecule has 0 bridgehead atoms. The van der Waals surface area contributed by atoms with Gasteiger partial charge in [-0.05, 0) is 18.2 Å². The number of nitrogen functional groups attached to an aromatic ring is 1. The van der Waals surface area contributed by atoms with Crippen LogP contribution in [-0.4, -0.2) is 31.5 Å². The van der Waals surface area contributed by atoms with Crippen molar-refractivity contribution in [1.82, 2.24) is 30.9 Å². The standard InChI is InChI=1S/C11H11N7O/c12-6-1-2-7-8(4-13-9(7)3-6)11(19)14-5-10-15-17-18-16-10/h1-4,13H,5,12H2,(H,14,19)(H,15,16,17,18). The molecule has 0 aliphatic heterocycles. The lowest BCUT2D eigenvalue weighted by Crippen LogP contribution is -2.23. The van der Waals surface area contributed by atoms with Gasteiger partial charge in [-0.15, -0.1) is 10.2 Å². The van der Waals surface area contributed by atoms with Crippen LogP contribution in [0.5, 0.6) is 0 Å². The predicted octanol–water partition coefficient (Wildman–Crippen LogP) is 0.193. The van der Waals surface area contributed by atoms with Gasteiger partial charge in [-0.1, -0.05) is 5.21 Å². The Morgan fingerprint density at radius 2 is 2.32 bits per heavy atom. The maximum Gasteiger partial charge on any atom is 0.253 e. The van der Waals surface area contributed by atoms with Crippen molar-refractivity contribution in [2.24, 2.45) is 0 Å². The topological polar surface area (TPSA) is 125 Å². The number of aromatic nitrogens is 5. The quantitative estimate of drug-likeness (QED) is 0.498. The monoisotopic (exact) mass is 257 g/mol. The number of hydrogen-bond donors (Lipinski definition) is 4. The van der Waals surface area contributed by atoms with E-state index < -0.39 is 0 Å². The van der Waals surface area contributed by atoms with E-state index in [4.69, 9.17) is 5.73 Å². The van der Waals surface area contributed by atoms with Gasteiger partial charge in [-0.3, -0.25) is 4.79 Å². The van der Waals surface area contributed by atoms with Gasteiger partial charge in [-0.25, -0.2) is 0 Å². The maximum absolute atomic E-state index is 12.1. The van der Waals surface area contributed by atoms with Crippen molar-refractivity contribution in [2.45, 2.75) is 6.54 Å². The molecule has 3 aromatic rings. The molecule has 19 heavy (non-hydrogen) atoms. The average molecular weight is 257 g/mol. The van der Waals surface area contributed by atoms with E-state index in [1.165, 1.54) is 0 Å². The normalized spacial score (nSPS) is 10.7. The van der Waals surface area contributed by atoms with Crippen LogP contribution < -0.4 is 11.1 Å². The van der Waals surface area contributed by atoms with Crippen LogP contribution in [0.3, 0.4) is 0 Å². The molecule has 8 nitrogen and oxygen atoms in total. The molecule has 2 heterocycles. The third-order valence-corrected chi connectivity index (χ3v) is 2.75. The molecule has 0 aliphatic rings. The van der Waals surface area contributed by atoms with Crippen LogP contribution in [0.15, 0.2) is 24.4 Å². The molecule has 5 N–H and O–H groups in total. The molecule has 8 heteroatoms. The fourth-order valence-corrected chi connectivity index (χ4v) is 1.84. The second-order valence-corrected chi connectivity index (χ2v) is 4.02. The fraction of sp³-hybridized carbons (Fsp3) is 0.0909. The number of amides is 1. The van der Waals surface area contributed by atoms with Crippen molar-refractivity contribution >= 4 is 22.5 Å². The molecule has 0 saturated carbocycles. The minimum absolute atomic E-state index is 0.208. The largest absolute Gasteiger partial charge is 0.399 e. The highest BCUT2D eigenvalue weighted by atomic mass is 16.1. The van der Waals surface area contributed by atoms with Crippen molar-refractivity contribution in [3.8, 4) is 0 Å². The Kier molecular flexibility index (Phi) is 2.60. The lowest BCUT2D eigenvalue weighted by Gasteiger charge is -2.01. The van der Waals surface area contributed by atoms with Crippen LogP contribution in [0.1, 0.15) is 16.2 Å². The van der Waals surface area contributed by atoms with Crippen molar-refractivity contribution in [1.29, 1.82) is 0 Å². The van der Waals surface area contributed by atoms with Crippen molar-refractivity contribution in [3.63, 3.8) is 0 Å². The molecule has 0 aliphatic carbocycles. The summed E-state index contributed by atoms with van der Waals surface area (Å²) in [5, 5.41) is 16.8. The number of benzene rings is 1. The first-order valence-corrected chi connectivity index (χ1v) is 5.61. The Balaban J connectivity index is 1.81. The highest BCUT2D eigenvalue weighted by Crippen LogP contribution is 2.20. The Bertz CT molecular complexity index is 716. The maximum atomic E-state index is 12.1. The Hall–Kier alpha value is -2.90. The van der Waals surface area contributed by atoms with Crippen molar-refractivity contribution in [3.05, 3.63) is 35.8 Å². The van der Waals surface area contributed by atoms with E-state index in [9.17, 15) is 4.79 Å². The summed E-state index contributed by atoms with van der Waals surface area (Å²) in [4.78, 5) is 15.1. The van der Waals surface area contributed by atoms with E-state index in [1.807, 2.05) is 6.07 Å². The molecule has 3 rings (SSSR count). The van der Waals surface area contributed by atoms with Gasteiger partial charge in [-0.2, -0.15) is 5.21 Å². The molecule has 96 valence electrons. The van der Waals surface area contributed by atoms with Crippen molar-refractivity contribution < 1.29 is 4.79 Å². The zero-order chi connectivity index (χ0) is 13.2. The van der Waals surface area contributed by atoms with Crippen LogP contribution in [-0.2, 0) is 6.54 Å². The molecule has 0 atom stereocenters. The van der Waals surface area contributed by atoms with Gasteiger partial charge in [0.25, 0.3) is 5.91 Å². The molecular formula is C11H11N7O. The molecule has 1 amide bonds. The first-order valence-electron chi connectivity index (χ1n) is 5.61. The van der Waals surface area contributed by atoms with E-state index >= 15 is 0 Å². The number of anilines is 1. The lowest BCUT2D eigenvalue weighted by atomic mass is 10.1. The summed E-state index contributed by atoms with van der Waals surface area (Å²) in [6, 6.07) is 5.35. The summed E-state index contributed by atoms with van der Waals surface area (Å²) in [6.45, 7) is 0.219. The fourth-order valence-electron chi connectivity index (χ4n) is 1.84. The average Bonchev–Trinajstić information content (AvgIpc) is 3.04. The summed E-state index contributed by atoms with van der Waals surface area (Å²) < 4.78 is 0. The number of carbonyl (C=O) groups is 1. The predicted molar refractivity (Wildman–Crippen MR) is 68.1 cm³/mol. The Labute approximate surface area is 107 Å². The number of nitrogens with two attached hydrogens (primary N) is 1. The molecule has 0 radical (unpaired) electrons. The zero-order valence-corrected chi connectivity index (χ0v) is 9.84. The molecule has 2 aromatic heterocycles. The van der Waals surface area contributed by atoms with Gasteiger partial charge in [0.2, 0.25) is 0 Å². The molecule has 0 saturated heterocycles. The number of rotatable bonds is 3. The highest BCUT2D eigenvalue weighted by molar-refractivity contribution is 6.07. The summed E-state index contributed by atoms with van der Waals surface area (Å²) in [6.07, 6.45) is 1.65. The van der Waals surface area contributed by atoms with Crippen molar-refractivity contribution in [2.75, 3.05) is 5.73 Å². The van der Waals surface area contributed by atoms with Gasteiger partial charge < -0.3 is 16.0 Å². The van der Waals surface area contributed by atoms with Gasteiger partial charge in [0, 0.05) is 22.8 Å². The zero-order valence-electron chi connectivity index (χ0n) is 9.84. The first kappa shape index (κ1) is 11.2. The van der Waals surface area contributed by atoms with E-state index in [0.717, 1.165) is 10.9 Å². The lowest BCUT2D eigenvalue weighted by molar-refractivity contribution is 0.0951. The van der Waals surface area contributed by atoms with Crippen LogP contribution in [0.4, 0.5) is 5.69 Å². The number of carbonyl (C=O) groups excluding carboxylic acids is 1. The highest BCUT2D eigenvalue weighted by Gasteiger charge is 2.12. The van der Waals surface area contributed by atoms with Crippen LogP contribution >= 0.6 is 0 Å². The van der Waals surface area contributed by atoms with E-state index in [0.29, 0.717) is 17.1 Å². The van der Waals surface area contributed by atoms with E-state index in [2.05, 4.69) is 30.9 Å². The van der Waals surface area contributed by atoms with Gasteiger partial charge in [0.05, 0.1) is 12.1 Å². The molecule has 0 unspecified atom stereocenters. The van der Waals surface area contributed by atoms with E-state index in [-0.39, 0.29) is 12.5 Å². The number of hydrogen-bond acceptors (Lipinski definition) is 5. The van der Waals surface area contributed by atoms with Gasteiger partial charge in [0.15, 0.2) is 5.82 Å². The first-order chi connectivity index (χ1) is 9.24. The number of nitrogens with zero attached hydrogens (tertiary/aromatic N) is 3. The van der Waals surface area contributed by atoms with Crippen LogP contribution in [0.25, 0.3) is 10.9 Å². The second-order valence-electron chi connectivity index (χ2n) is 4.02. The van der Waals surface area contributed by atoms with Gasteiger partial charge in [0.1, 0.15) is 0 Å². The summed E-state index contributed by atoms with van der Waals surface area (Å²) in [7, 11) is 0. The minimum atomic E-state index is -0.208. The van der Waals surface area contributed by atoms with Crippen LogP contribution in [0.2, 0.25) is 0 Å². The Morgan fingerprint density at radius 1 is 1.42 bits per heavy atom. The smallest absolute Gasteiger partial charge is 0.253 e. The van der Waals surface area contributed by atoms with E-state index in [1.54, 1.807) is 18.3 Å². The summed E-state index contributed by atoms with van der Waals surface area (Å²) >= 11 is 0. The number of tetrazole rings is 1.